The highest BCUT2D eigenvalue weighted by atomic mass is 35.5. The van der Waals surface area contributed by atoms with Gasteiger partial charge in [0.15, 0.2) is 0 Å². The van der Waals surface area contributed by atoms with E-state index in [2.05, 4.69) is 22.4 Å². The number of carbonyl (C=O) groups excluding carboxylic acids is 2. The molecular formula is C22H25ClN4O3. The molecule has 4 rings (SSSR count). The highest BCUT2D eigenvalue weighted by Crippen LogP contribution is 2.25. The van der Waals surface area contributed by atoms with Crippen LogP contribution in [0.5, 0.6) is 0 Å². The van der Waals surface area contributed by atoms with E-state index in [1.54, 1.807) is 11.0 Å². The van der Waals surface area contributed by atoms with Crippen molar-refractivity contribution in [2.75, 3.05) is 38.2 Å². The van der Waals surface area contributed by atoms with Crippen LogP contribution in [0.1, 0.15) is 27.9 Å². The van der Waals surface area contributed by atoms with Crippen molar-refractivity contribution in [2.24, 2.45) is 0 Å². The number of hydrogen-bond acceptors (Lipinski definition) is 5. The maximum absolute atomic E-state index is 12.8. The minimum Gasteiger partial charge on any atom is -0.378 e. The van der Waals surface area contributed by atoms with E-state index in [0.29, 0.717) is 62.2 Å². The number of nitrogens with zero attached hydrogens (tertiary/aromatic N) is 3. The van der Waals surface area contributed by atoms with Crippen LogP contribution in [-0.4, -0.2) is 65.5 Å². The Morgan fingerprint density at radius 1 is 1.23 bits per heavy atom. The minimum absolute atomic E-state index is 0.0295. The standard InChI is InChI=1S/C22H25ClN4O3/c1-15-2-4-16(5-3-15)14-27-7-6-19(22(27)29)25-20-18(23)12-17(13-24-20)21(28)26-8-10-30-11-9-26/h2-5,12-13,19H,6-11,14H2,1H3,(H,24,25). The molecule has 8 heteroatoms. The van der Waals surface area contributed by atoms with Crippen molar-refractivity contribution in [3.63, 3.8) is 0 Å². The number of halogens is 1. The van der Waals surface area contributed by atoms with Gasteiger partial charge in [-0.3, -0.25) is 9.59 Å². The molecule has 30 heavy (non-hydrogen) atoms. The SMILES string of the molecule is Cc1ccc(CN2CCC(Nc3ncc(C(=O)N4CCOCC4)cc3Cl)C2=O)cc1. The Morgan fingerprint density at radius 3 is 2.67 bits per heavy atom. The third-order valence-electron chi connectivity index (χ3n) is 5.49. The molecular weight excluding hydrogens is 404 g/mol. The number of aromatic nitrogens is 1. The third kappa shape index (κ3) is 4.57. The summed E-state index contributed by atoms with van der Waals surface area (Å²) >= 11 is 6.37. The summed E-state index contributed by atoms with van der Waals surface area (Å²) in [5.41, 5.74) is 2.74. The van der Waals surface area contributed by atoms with Crippen molar-refractivity contribution in [1.82, 2.24) is 14.8 Å². The van der Waals surface area contributed by atoms with Gasteiger partial charge < -0.3 is 19.9 Å². The summed E-state index contributed by atoms with van der Waals surface area (Å²) < 4.78 is 5.28. The lowest BCUT2D eigenvalue weighted by Gasteiger charge is -2.26. The van der Waals surface area contributed by atoms with Gasteiger partial charge in [0.25, 0.3) is 5.91 Å². The lowest BCUT2D eigenvalue weighted by Crippen LogP contribution is -2.40. The molecule has 2 aliphatic rings. The molecule has 2 aliphatic heterocycles. The predicted molar refractivity (Wildman–Crippen MR) is 115 cm³/mol. The Bertz CT molecular complexity index is 928. The zero-order chi connectivity index (χ0) is 21.1. The second-order valence-corrected chi connectivity index (χ2v) is 8.10. The van der Waals surface area contributed by atoms with E-state index in [9.17, 15) is 9.59 Å². The Balaban J connectivity index is 1.38. The maximum Gasteiger partial charge on any atom is 0.255 e. The Kier molecular flexibility index (Phi) is 6.20. The van der Waals surface area contributed by atoms with Gasteiger partial charge in [-0.25, -0.2) is 4.98 Å². The van der Waals surface area contributed by atoms with Gasteiger partial charge in [-0.15, -0.1) is 0 Å². The lowest BCUT2D eigenvalue weighted by molar-refractivity contribution is -0.128. The molecule has 3 heterocycles. The van der Waals surface area contributed by atoms with Crippen LogP contribution in [0.4, 0.5) is 5.82 Å². The summed E-state index contributed by atoms with van der Waals surface area (Å²) in [6, 6.07) is 9.43. The van der Waals surface area contributed by atoms with Crippen LogP contribution >= 0.6 is 11.6 Å². The number of aryl methyl sites for hydroxylation is 1. The van der Waals surface area contributed by atoms with Crippen molar-refractivity contribution in [3.8, 4) is 0 Å². The first-order valence-corrected chi connectivity index (χ1v) is 10.5. The number of benzene rings is 1. The smallest absolute Gasteiger partial charge is 0.255 e. The molecule has 2 aromatic rings. The van der Waals surface area contributed by atoms with Crippen LogP contribution in [0.15, 0.2) is 36.5 Å². The number of rotatable bonds is 5. The van der Waals surface area contributed by atoms with Gasteiger partial charge in [-0.1, -0.05) is 41.4 Å². The zero-order valence-corrected chi connectivity index (χ0v) is 17.7. The van der Waals surface area contributed by atoms with Gasteiger partial charge in [-0.2, -0.15) is 0 Å². The molecule has 0 saturated carbocycles. The number of likely N-dealkylation sites (tertiary alicyclic amines) is 1. The molecule has 1 aromatic carbocycles. The van der Waals surface area contributed by atoms with Gasteiger partial charge in [-0.05, 0) is 25.0 Å². The van der Waals surface area contributed by atoms with Crippen molar-refractivity contribution in [2.45, 2.75) is 25.9 Å². The fourth-order valence-corrected chi connectivity index (χ4v) is 3.94. The highest BCUT2D eigenvalue weighted by Gasteiger charge is 2.32. The minimum atomic E-state index is -0.374. The summed E-state index contributed by atoms with van der Waals surface area (Å²) in [7, 11) is 0. The first-order valence-electron chi connectivity index (χ1n) is 10.1. The summed E-state index contributed by atoms with van der Waals surface area (Å²) in [6.07, 6.45) is 2.19. The second kappa shape index (κ2) is 9.02. The van der Waals surface area contributed by atoms with Crippen LogP contribution in [0.2, 0.25) is 5.02 Å². The second-order valence-electron chi connectivity index (χ2n) is 7.69. The normalized spacial score (nSPS) is 19.3. The average Bonchev–Trinajstić information content (AvgIpc) is 3.10. The van der Waals surface area contributed by atoms with E-state index in [1.165, 1.54) is 11.8 Å². The average molecular weight is 429 g/mol. The van der Waals surface area contributed by atoms with Crippen molar-refractivity contribution in [1.29, 1.82) is 0 Å². The largest absolute Gasteiger partial charge is 0.378 e. The first kappa shape index (κ1) is 20.6. The number of amides is 2. The van der Waals surface area contributed by atoms with Crippen LogP contribution in [0.3, 0.4) is 0 Å². The Morgan fingerprint density at radius 2 is 1.97 bits per heavy atom. The molecule has 1 unspecified atom stereocenters. The molecule has 1 atom stereocenters. The van der Waals surface area contributed by atoms with E-state index in [1.807, 2.05) is 24.0 Å². The predicted octanol–water partition coefficient (Wildman–Crippen LogP) is 2.73. The molecule has 158 valence electrons. The topological polar surface area (TPSA) is 74.8 Å². The lowest BCUT2D eigenvalue weighted by atomic mass is 10.1. The fraction of sp³-hybridized carbons (Fsp3) is 0.409. The monoisotopic (exact) mass is 428 g/mol. The van der Waals surface area contributed by atoms with Crippen LogP contribution in [0, 0.1) is 6.92 Å². The molecule has 1 N–H and O–H groups in total. The quantitative estimate of drug-likeness (QED) is 0.792. The van der Waals surface area contributed by atoms with E-state index in [0.717, 1.165) is 5.56 Å². The Labute approximate surface area is 181 Å². The molecule has 0 bridgehead atoms. The van der Waals surface area contributed by atoms with Gasteiger partial charge in [0.05, 0.1) is 23.8 Å². The van der Waals surface area contributed by atoms with Crippen molar-refractivity contribution < 1.29 is 14.3 Å². The number of anilines is 1. The first-order chi connectivity index (χ1) is 14.5. The number of pyridine rings is 1. The van der Waals surface area contributed by atoms with E-state index in [4.69, 9.17) is 16.3 Å². The van der Waals surface area contributed by atoms with Gasteiger partial charge in [0.1, 0.15) is 11.9 Å². The number of carbonyl (C=O) groups is 2. The summed E-state index contributed by atoms with van der Waals surface area (Å²) in [5.74, 6) is 0.341. The van der Waals surface area contributed by atoms with E-state index < -0.39 is 0 Å². The highest BCUT2D eigenvalue weighted by molar-refractivity contribution is 6.33. The van der Waals surface area contributed by atoms with Crippen LogP contribution in [-0.2, 0) is 16.1 Å². The molecule has 2 saturated heterocycles. The number of hydrogen-bond donors (Lipinski definition) is 1. The molecule has 0 spiro atoms. The third-order valence-corrected chi connectivity index (χ3v) is 5.78. The maximum atomic E-state index is 12.8. The molecule has 1 aromatic heterocycles. The molecule has 2 amide bonds. The number of nitrogens with one attached hydrogen (secondary N) is 1. The Hall–Kier alpha value is -2.64. The van der Waals surface area contributed by atoms with Crippen molar-refractivity contribution >= 4 is 29.2 Å². The molecule has 2 fully saturated rings. The van der Waals surface area contributed by atoms with Crippen LogP contribution in [0.25, 0.3) is 0 Å². The number of ether oxygens (including phenoxy) is 1. The van der Waals surface area contributed by atoms with E-state index in [-0.39, 0.29) is 17.9 Å². The molecule has 0 aliphatic carbocycles. The molecule has 7 nitrogen and oxygen atoms in total. The molecule has 0 radical (unpaired) electrons. The summed E-state index contributed by atoms with van der Waals surface area (Å²) in [6.45, 7) is 5.50. The van der Waals surface area contributed by atoms with Crippen LogP contribution < -0.4 is 5.32 Å². The van der Waals surface area contributed by atoms with Gasteiger partial charge in [0, 0.05) is 32.4 Å². The van der Waals surface area contributed by atoms with E-state index >= 15 is 0 Å². The van der Waals surface area contributed by atoms with Gasteiger partial charge >= 0.3 is 0 Å². The summed E-state index contributed by atoms with van der Waals surface area (Å²) in [5, 5.41) is 3.48. The van der Waals surface area contributed by atoms with Gasteiger partial charge in [0.2, 0.25) is 5.91 Å². The van der Waals surface area contributed by atoms with Crippen molar-refractivity contribution in [3.05, 3.63) is 58.2 Å². The fourth-order valence-electron chi connectivity index (χ4n) is 3.72. The summed E-state index contributed by atoms with van der Waals surface area (Å²) in [4.78, 5) is 33.3. The zero-order valence-electron chi connectivity index (χ0n) is 16.9. The number of morpholine rings is 1.